The average molecular weight is 487 g/mol. The van der Waals surface area contributed by atoms with E-state index in [0.717, 1.165) is 49.9 Å². The molecule has 1 heterocycles. The zero-order chi connectivity index (χ0) is 18.5. The molecule has 2 aromatic rings. The summed E-state index contributed by atoms with van der Waals surface area (Å²) in [6.45, 7) is 5.98. The van der Waals surface area contributed by atoms with E-state index < -0.39 is 0 Å². The molecule has 7 nitrogen and oxygen atoms in total. The van der Waals surface area contributed by atoms with Crippen LogP contribution in [0.15, 0.2) is 47.7 Å². The highest BCUT2D eigenvalue weighted by Crippen LogP contribution is 2.18. The summed E-state index contributed by atoms with van der Waals surface area (Å²) in [6, 6.07) is 9.57. The van der Waals surface area contributed by atoms with Crippen molar-refractivity contribution < 1.29 is 9.47 Å². The maximum absolute atomic E-state index is 5.73. The molecule has 0 atom stereocenters. The lowest BCUT2D eigenvalue weighted by Crippen LogP contribution is -2.38. The lowest BCUT2D eigenvalue weighted by Gasteiger charge is -2.11. The summed E-state index contributed by atoms with van der Waals surface area (Å²) in [5.41, 5.74) is 0. The van der Waals surface area contributed by atoms with Crippen LogP contribution in [0.2, 0.25) is 0 Å². The Hall–Kier alpha value is -1.97. The summed E-state index contributed by atoms with van der Waals surface area (Å²) in [5, 5.41) is 10.8. The largest absolute Gasteiger partial charge is 0.497 e. The van der Waals surface area contributed by atoms with Gasteiger partial charge in [0.25, 0.3) is 0 Å². The van der Waals surface area contributed by atoms with Gasteiger partial charge in [-0.3, -0.25) is 9.67 Å². The minimum atomic E-state index is 0. The molecule has 0 saturated carbocycles. The number of benzene rings is 1. The Bertz CT molecular complexity index is 649. The fourth-order valence-corrected chi connectivity index (χ4v) is 2.36. The van der Waals surface area contributed by atoms with Gasteiger partial charge in [0.2, 0.25) is 0 Å². The first-order valence-electron chi connectivity index (χ1n) is 9.08. The number of hydrogen-bond donors (Lipinski definition) is 2. The molecule has 0 saturated heterocycles. The first kappa shape index (κ1) is 23.1. The van der Waals surface area contributed by atoms with Crippen LogP contribution in [0.5, 0.6) is 11.5 Å². The maximum Gasteiger partial charge on any atom is 0.191 e. The van der Waals surface area contributed by atoms with Gasteiger partial charge in [0.15, 0.2) is 5.96 Å². The lowest BCUT2D eigenvalue weighted by atomic mass is 10.3. The van der Waals surface area contributed by atoms with Crippen LogP contribution >= 0.6 is 24.0 Å². The molecule has 0 bridgehead atoms. The molecule has 2 rings (SSSR count). The van der Waals surface area contributed by atoms with Gasteiger partial charge in [0, 0.05) is 51.1 Å². The van der Waals surface area contributed by atoms with Crippen molar-refractivity contribution in [1.29, 1.82) is 0 Å². The standard InChI is InChI=1S/C19H29N5O2.HI/c1-3-20-19(21-10-5-13-24-14-6-12-23-24)22-11-7-15-26-18-9-4-8-17(16-18)25-2;/h4,6,8-9,12,14,16H,3,5,7,10-11,13,15H2,1-2H3,(H2,20,21,22);1H. The number of aliphatic imine (C=N–C) groups is 1. The molecule has 0 radical (unpaired) electrons. The summed E-state index contributed by atoms with van der Waals surface area (Å²) in [6.07, 6.45) is 5.61. The van der Waals surface area contributed by atoms with Gasteiger partial charge < -0.3 is 20.1 Å². The summed E-state index contributed by atoms with van der Waals surface area (Å²) in [5.74, 6) is 2.46. The summed E-state index contributed by atoms with van der Waals surface area (Å²) in [7, 11) is 1.65. The Kier molecular flexibility index (Phi) is 12.1. The highest BCUT2D eigenvalue weighted by molar-refractivity contribution is 14.0. The molecule has 0 unspecified atom stereocenters. The van der Waals surface area contributed by atoms with Crippen LogP contribution < -0.4 is 20.1 Å². The van der Waals surface area contributed by atoms with Crippen molar-refractivity contribution in [3.05, 3.63) is 42.7 Å². The van der Waals surface area contributed by atoms with E-state index in [1.807, 2.05) is 41.2 Å². The average Bonchev–Trinajstić information content (AvgIpc) is 3.18. The van der Waals surface area contributed by atoms with E-state index >= 15 is 0 Å². The smallest absolute Gasteiger partial charge is 0.191 e. The molecule has 0 amide bonds. The zero-order valence-corrected chi connectivity index (χ0v) is 18.4. The van der Waals surface area contributed by atoms with Crippen molar-refractivity contribution in [2.45, 2.75) is 26.3 Å². The Morgan fingerprint density at radius 2 is 2.04 bits per heavy atom. The van der Waals surface area contributed by atoms with Crippen LogP contribution in [0, 0.1) is 0 Å². The number of nitrogens with one attached hydrogen (secondary N) is 2. The summed E-state index contributed by atoms with van der Waals surface area (Å²) in [4.78, 5) is 4.58. The lowest BCUT2D eigenvalue weighted by molar-refractivity contribution is 0.311. The molecule has 0 fully saturated rings. The third kappa shape index (κ3) is 9.50. The second-order valence-corrected chi connectivity index (χ2v) is 5.69. The van der Waals surface area contributed by atoms with Gasteiger partial charge in [0.05, 0.1) is 13.7 Å². The van der Waals surface area contributed by atoms with Gasteiger partial charge in [-0.15, -0.1) is 24.0 Å². The molecule has 0 aliphatic rings. The second kappa shape index (κ2) is 14.1. The Balaban J connectivity index is 0.00000364. The van der Waals surface area contributed by atoms with Gasteiger partial charge in [-0.2, -0.15) is 5.10 Å². The molecule has 150 valence electrons. The van der Waals surface area contributed by atoms with E-state index in [9.17, 15) is 0 Å². The Morgan fingerprint density at radius 3 is 2.78 bits per heavy atom. The monoisotopic (exact) mass is 487 g/mol. The first-order valence-corrected chi connectivity index (χ1v) is 9.08. The summed E-state index contributed by atoms with van der Waals surface area (Å²) < 4.78 is 12.8. The van der Waals surface area contributed by atoms with Crippen molar-refractivity contribution in [2.24, 2.45) is 4.99 Å². The molecule has 1 aromatic carbocycles. The van der Waals surface area contributed by atoms with Crippen molar-refractivity contribution >= 4 is 29.9 Å². The SMILES string of the molecule is CCNC(=NCCCOc1cccc(OC)c1)NCCCn1cccn1.I. The minimum absolute atomic E-state index is 0. The zero-order valence-electron chi connectivity index (χ0n) is 16.1. The van der Waals surface area contributed by atoms with Crippen molar-refractivity contribution in [1.82, 2.24) is 20.4 Å². The molecular formula is C19H30IN5O2. The van der Waals surface area contributed by atoms with Crippen LogP contribution in [0.1, 0.15) is 19.8 Å². The predicted octanol–water partition coefficient (Wildman–Crippen LogP) is 2.92. The number of halogens is 1. The van der Waals surface area contributed by atoms with E-state index in [2.05, 4.69) is 27.6 Å². The predicted molar refractivity (Wildman–Crippen MR) is 119 cm³/mol. The van der Waals surface area contributed by atoms with Crippen molar-refractivity contribution in [3.8, 4) is 11.5 Å². The number of methoxy groups -OCH3 is 1. The quantitative estimate of drug-likeness (QED) is 0.221. The molecule has 2 N–H and O–H groups in total. The molecule has 8 heteroatoms. The van der Waals surface area contributed by atoms with Crippen LogP contribution in [-0.4, -0.2) is 49.1 Å². The number of aromatic nitrogens is 2. The van der Waals surface area contributed by atoms with E-state index in [1.54, 1.807) is 13.3 Å². The molecular weight excluding hydrogens is 457 g/mol. The fourth-order valence-electron chi connectivity index (χ4n) is 2.36. The molecule has 0 aliphatic carbocycles. The molecule has 0 aliphatic heterocycles. The molecule has 27 heavy (non-hydrogen) atoms. The Morgan fingerprint density at radius 1 is 1.19 bits per heavy atom. The van der Waals surface area contributed by atoms with Gasteiger partial charge >= 0.3 is 0 Å². The van der Waals surface area contributed by atoms with Gasteiger partial charge in [-0.05, 0) is 31.5 Å². The topological polar surface area (TPSA) is 72.7 Å². The van der Waals surface area contributed by atoms with Gasteiger partial charge in [-0.25, -0.2) is 0 Å². The van der Waals surface area contributed by atoms with Crippen molar-refractivity contribution in [3.63, 3.8) is 0 Å². The number of ether oxygens (including phenoxy) is 2. The number of hydrogen-bond acceptors (Lipinski definition) is 4. The van der Waals surface area contributed by atoms with E-state index in [4.69, 9.17) is 9.47 Å². The number of guanidine groups is 1. The third-order valence-corrected chi connectivity index (χ3v) is 3.64. The number of nitrogens with zero attached hydrogens (tertiary/aromatic N) is 3. The van der Waals surface area contributed by atoms with Crippen molar-refractivity contribution in [2.75, 3.05) is 33.4 Å². The van der Waals surface area contributed by atoms with Crippen LogP contribution in [0.4, 0.5) is 0 Å². The van der Waals surface area contributed by atoms with E-state index in [1.165, 1.54) is 0 Å². The summed E-state index contributed by atoms with van der Waals surface area (Å²) >= 11 is 0. The number of rotatable bonds is 11. The fraction of sp³-hybridized carbons (Fsp3) is 0.474. The van der Waals surface area contributed by atoms with E-state index in [-0.39, 0.29) is 24.0 Å². The number of aryl methyl sites for hydroxylation is 1. The van der Waals surface area contributed by atoms with Crippen LogP contribution in [0.3, 0.4) is 0 Å². The van der Waals surface area contributed by atoms with Gasteiger partial charge in [-0.1, -0.05) is 6.07 Å². The highest BCUT2D eigenvalue weighted by atomic mass is 127. The van der Waals surface area contributed by atoms with Crippen LogP contribution in [-0.2, 0) is 6.54 Å². The molecule has 1 aromatic heterocycles. The Labute approximate surface area is 178 Å². The van der Waals surface area contributed by atoms with Crippen LogP contribution in [0.25, 0.3) is 0 Å². The third-order valence-electron chi connectivity index (χ3n) is 3.64. The second-order valence-electron chi connectivity index (χ2n) is 5.69. The maximum atomic E-state index is 5.73. The molecule has 0 spiro atoms. The van der Waals surface area contributed by atoms with E-state index in [0.29, 0.717) is 13.2 Å². The minimum Gasteiger partial charge on any atom is -0.497 e. The first-order chi connectivity index (χ1) is 12.8. The van der Waals surface area contributed by atoms with Gasteiger partial charge in [0.1, 0.15) is 11.5 Å². The highest BCUT2D eigenvalue weighted by Gasteiger charge is 1.99. The normalized spacial score (nSPS) is 10.8.